The molecule has 12 heteroatoms. The Bertz CT molecular complexity index is 1400. The van der Waals surface area contributed by atoms with E-state index in [1.165, 1.54) is 5.56 Å². The zero-order valence-corrected chi connectivity index (χ0v) is 27.1. The van der Waals surface area contributed by atoms with Crippen molar-refractivity contribution in [1.82, 2.24) is 20.0 Å². The number of aldehydes is 1. The number of anilines is 3. The molecule has 4 saturated heterocycles. The molecule has 4 aliphatic heterocycles. The molecule has 2 aromatic carbocycles. The first-order valence-corrected chi connectivity index (χ1v) is 17.0. The molecule has 0 spiro atoms. The Labute approximate surface area is 276 Å². The Hall–Kier alpha value is -4.00. The lowest BCUT2D eigenvalue weighted by atomic mass is 10.1. The van der Waals surface area contributed by atoms with Crippen LogP contribution < -0.4 is 20.9 Å². The van der Waals surface area contributed by atoms with Crippen molar-refractivity contribution < 1.29 is 23.9 Å². The number of benzene rings is 2. The van der Waals surface area contributed by atoms with Crippen LogP contribution >= 0.6 is 0 Å². The van der Waals surface area contributed by atoms with E-state index in [9.17, 15) is 19.2 Å². The molecule has 3 amide bonds. The Morgan fingerprint density at radius 1 is 0.872 bits per heavy atom. The molecule has 4 heterocycles. The first-order valence-electron chi connectivity index (χ1n) is 17.0. The lowest BCUT2D eigenvalue weighted by Crippen LogP contribution is -2.54. The van der Waals surface area contributed by atoms with Crippen LogP contribution in [0.25, 0.3) is 0 Å². The van der Waals surface area contributed by atoms with Gasteiger partial charge in [0.15, 0.2) is 6.29 Å². The Morgan fingerprint density at radius 2 is 1.60 bits per heavy atom. The summed E-state index contributed by atoms with van der Waals surface area (Å²) in [6.45, 7) is 9.47. The maximum Gasteiger partial charge on any atom is 0.249 e. The summed E-state index contributed by atoms with van der Waals surface area (Å²) in [5.74, 6) is -0.276. The van der Waals surface area contributed by atoms with E-state index in [1.54, 1.807) is 0 Å². The van der Waals surface area contributed by atoms with Gasteiger partial charge in [0.05, 0.1) is 6.54 Å². The number of piperidine rings is 1. The second-order valence-corrected chi connectivity index (χ2v) is 13.0. The third-order valence-electron chi connectivity index (χ3n) is 9.82. The Morgan fingerprint density at radius 3 is 2.30 bits per heavy atom. The lowest BCUT2D eigenvalue weighted by molar-refractivity contribution is -0.134. The van der Waals surface area contributed by atoms with Crippen LogP contribution in [-0.2, 0) is 25.5 Å². The molecule has 12 nitrogen and oxygen atoms in total. The number of piperazine rings is 2. The number of carbonyl (C=O) groups is 4. The van der Waals surface area contributed by atoms with E-state index in [1.807, 2.05) is 29.2 Å². The number of amides is 3. The number of imide groups is 1. The monoisotopic (exact) mass is 645 g/mol. The van der Waals surface area contributed by atoms with Crippen molar-refractivity contribution >= 4 is 41.1 Å². The van der Waals surface area contributed by atoms with Gasteiger partial charge >= 0.3 is 0 Å². The zero-order chi connectivity index (χ0) is 32.6. The van der Waals surface area contributed by atoms with Crippen LogP contribution in [0.15, 0.2) is 42.5 Å². The highest BCUT2D eigenvalue weighted by molar-refractivity contribution is 6.01. The minimum absolute atomic E-state index is 0.197. The molecular weight excluding hydrogens is 598 g/mol. The molecule has 4 aliphatic rings. The van der Waals surface area contributed by atoms with Gasteiger partial charge in [-0.15, -0.1) is 0 Å². The van der Waals surface area contributed by atoms with Gasteiger partial charge in [0.1, 0.15) is 6.04 Å². The average Bonchev–Trinajstić information content (AvgIpc) is 3.10. The largest absolute Gasteiger partial charge is 0.381 e. The second kappa shape index (κ2) is 15.7. The van der Waals surface area contributed by atoms with E-state index in [4.69, 9.17) is 4.74 Å². The number of hydrogen-bond donors (Lipinski definition) is 3. The third-order valence-corrected chi connectivity index (χ3v) is 9.82. The topological polar surface area (TPSA) is 127 Å². The van der Waals surface area contributed by atoms with Crippen LogP contribution in [-0.4, -0.2) is 129 Å². The van der Waals surface area contributed by atoms with Gasteiger partial charge in [0.2, 0.25) is 17.7 Å². The van der Waals surface area contributed by atoms with Crippen molar-refractivity contribution in [3.8, 4) is 0 Å². The predicted molar refractivity (Wildman–Crippen MR) is 181 cm³/mol. The summed E-state index contributed by atoms with van der Waals surface area (Å²) in [6.07, 6.45) is 4.58. The van der Waals surface area contributed by atoms with E-state index >= 15 is 0 Å². The van der Waals surface area contributed by atoms with Crippen molar-refractivity contribution in [2.24, 2.45) is 0 Å². The average molecular weight is 646 g/mol. The zero-order valence-electron chi connectivity index (χ0n) is 27.1. The summed E-state index contributed by atoms with van der Waals surface area (Å²) < 4.78 is 5.47. The summed E-state index contributed by atoms with van der Waals surface area (Å²) in [7, 11) is 0. The molecule has 47 heavy (non-hydrogen) atoms. The minimum Gasteiger partial charge on any atom is -0.381 e. The summed E-state index contributed by atoms with van der Waals surface area (Å²) in [5.41, 5.74) is 4.74. The summed E-state index contributed by atoms with van der Waals surface area (Å²) in [4.78, 5) is 57.3. The molecule has 3 N–H and O–H groups in total. The van der Waals surface area contributed by atoms with Gasteiger partial charge < -0.3 is 30.1 Å². The van der Waals surface area contributed by atoms with Crippen molar-refractivity contribution in [2.75, 3.05) is 94.2 Å². The van der Waals surface area contributed by atoms with Gasteiger partial charge in [0, 0.05) is 107 Å². The van der Waals surface area contributed by atoms with Gasteiger partial charge in [-0.05, 0) is 61.6 Å². The number of nitrogens with one attached hydrogen (secondary N) is 3. The van der Waals surface area contributed by atoms with Gasteiger partial charge in [-0.2, -0.15) is 0 Å². The van der Waals surface area contributed by atoms with E-state index in [-0.39, 0.29) is 23.8 Å². The molecule has 2 aromatic rings. The third kappa shape index (κ3) is 8.88. The molecule has 1 atom stereocenters. The molecule has 0 aromatic heterocycles. The van der Waals surface area contributed by atoms with E-state index < -0.39 is 0 Å². The van der Waals surface area contributed by atoms with Crippen molar-refractivity contribution in [2.45, 2.75) is 44.2 Å². The molecule has 252 valence electrons. The number of hydrogen-bond acceptors (Lipinski definition) is 10. The standard InChI is InChI=1S/C35H47N7O5/c43-25-27-3-6-30(23-32(27)37-29-10-21-47-22-11-29)41-17-19-42(20-18-41)34(45)24-40-15-13-39(14-16-40)12-9-26-1-4-28(5-2-26)36-31-7-8-33(44)38-35(31)46/h1-6,23,25,29,31,36-37H,7-22,24H2,(H,38,44,46). The van der Waals surface area contributed by atoms with Gasteiger partial charge in [-0.3, -0.25) is 29.4 Å². The molecule has 4 fully saturated rings. The highest BCUT2D eigenvalue weighted by Crippen LogP contribution is 2.26. The van der Waals surface area contributed by atoms with Crippen LogP contribution in [0.4, 0.5) is 17.1 Å². The fraction of sp³-hybridized carbons (Fsp3) is 0.543. The lowest BCUT2D eigenvalue weighted by Gasteiger charge is -2.39. The summed E-state index contributed by atoms with van der Waals surface area (Å²) in [6, 6.07) is 14.1. The van der Waals surface area contributed by atoms with E-state index in [0.717, 1.165) is 102 Å². The summed E-state index contributed by atoms with van der Waals surface area (Å²) in [5, 5.41) is 9.17. The molecule has 0 aliphatic carbocycles. The maximum atomic E-state index is 13.2. The fourth-order valence-corrected chi connectivity index (χ4v) is 6.79. The van der Waals surface area contributed by atoms with E-state index in [0.29, 0.717) is 44.1 Å². The van der Waals surface area contributed by atoms with E-state index in [2.05, 4.69) is 48.8 Å². The molecular formula is C35H47N7O5. The molecule has 0 bridgehead atoms. The van der Waals surface area contributed by atoms with Crippen molar-refractivity contribution in [1.29, 1.82) is 0 Å². The first-order chi connectivity index (χ1) is 22.9. The maximum absolute atomic E-state index is 13.2. The van der Waals surface area contributed by atoms with Crippen LogP contribution in [0.2, 0.25) is 0 Å². The van der Waals surface area contributed by atoms with Gasteiger partial charge in [-0.25, -0.2) is 0 Å². The first kappa shape index (κ1) is 32.9. The highest BCUT2D eigenvalue weighted by atomic mass is 16.5. The Kier molecular flexibility index (Phi) is 11.0. The van der Waals surface area contributed by atoms with Crippen LogP contribution in [0, 0.1) is 0 Å². The van der Waals surface area contributed by atoms with Crippen LogP contribution in [0.5, 0.6) is 0 Å². The van der Waals surface area contributed by atoms with Crippen molar-refractivity contribution in [3.63, 3.8) is 0 Å². The van der Waals surface area contributed by atoms with Crippen molar-refractivity contribution in [3.05, 3.63) is 53.6 Å². The van der Waals surface area contributed by atoms with Gasteiger partial charge in [-0.1, -0.05) is 12.1 Å². The van der Waals surface area contributed by atoms with Gasteiger partial charge in [0.25, 0.3) is 0 Å². The minimum atomic E-state index is -0.377. The number of rotatable bonds is 11. The molecule has 0 radical (unpaired) electrons. The van der Waals surface area contributed by atoms with Crippen LogP contribution in [0.3, 0.4) is 0 Å². The highest BCUT2D eigenvalue weighted by Gasteiger charge is 2.27. The smallest absolute Gasteiger partial charge is 0.249 e. The van der Waals surface area contributed by atoms with Crippen LogP contribution in [0.1, 0.15) is 41.6 Å². The molecule has 6 rings (SSSR count). The Balaban J connectivity index is 0.893. The second-order valence-electron chi connectivity index (χ2n) is 13.0. The fourth-order valence-electron chi connectivity index (χ4n) is 6.79. The molecule has 0 saturated carbocycles. The molecule has 1 unspecified atom stereocenters. The normalized spacial score (nSPS) is 21.7. The SMILES string of the molecule is O=Cc1ccc(N2CCN(C(=O)CN3CCN(CCc4ccc(NC5CCC(=O)NC5=O)cc4)CC3)CC2)cc1NC1CCOCC1. The summed E-state index contributed by atoms with van der Waals surface area (Å²) >= 11 is 0. The number of nitrogens with zero attached hydrogens (tertiary/aromatic N) is 4. The quantitative estimate of drug-likeness (QED) is 0.246. The number of ether oxygens (including phenoxy) is 1. The number of carbonyl (C=O) groups excluding carboxylic acids is 4. The predicted octanol–water partition coefficient (Wildman–Crippen LogP) is 1.82.